The summed E-state index contributed by atoms with van der Waals surface area (Å²) in [6, 6.07) is 15.7. The summed E-state index contributed by atoms with van der Waals surface area (Å²) in [6.45, 7) is 0. The van der Waals surface area contributed by atoms with Crippen LogP contribution in [0.1, 0.15) is 10.4 Å². The molecule has 3 rings (SSSR count). The highest BCUT2D eigenvalue weighted by Gasteiger charge is 2.12. The summed E-state index contributed by atoms with van der Waals surface area (Å²) in [6.07, 6.45) is 0. The van der Waals surface area contributed by atoms with Crippen LogP contribution in [0.2, 0.25) is 0 Å². The Labute approximate surface area is 131 Å². The molecule has 0 bridgehead atoms. The van der Waals surface area contributed by atoms with Crippen molar-refractivity contribution in [1.82, 2.24) is 10.2 Å². The molecule has 22 heavy (non-hydrogen) atoms. The van der Waals surface area contributed by atoms with Crippen LogP contribution >= 0.6 is 11.8 Å². The van der Waals surface area contributed by atoms with Gasteiger partial charge >= 0.3 is 0 Å². The lowest BCUT2D eigenvalue weighted by Crippen LogP contribution is -2.01. The van der Waals surface area contributed by atoms with E-state index in [0.29, 0.717) is 16.7 Å². The van der Waals surface area contributed by atoms with Gasteiger partial charge in [-0.15, -0.1) is 10.2 Å². The molecule has 1 N–H and O–H groups in total. The summed E-state index contributed by atoms with van der Waals surface area (Å²) in [5.41, 5.74) is 1.29. The molecule has 0 amide bonds. The molecule has 0 aliphatic rings. The molecule has 3 aromatic rings. The van der Waals surface area contributed by atoms with Crippen molar-refractivity contribution in [2.75, 3.05) is 5.75 Å². The lowest BCUT2D eigenvalue weighted by molar-refractivity contribution is 0.102. The summed E-state index contributed by atoms with van der Waals surface area (Å²) < 4.78 is 5.52. The molecule has 0 aliphatic heterocycles. The largest absolute Gasteiger partial charge is 0.508 e. The molecule has 1 heterocycles. The maximum Gasteiger partial charge on any atom is 0.277 e. The minimum Gasteiger partial charge on any atom is -0.508 e. The Morgan fingerprint density at radius 3 is 2.68 bits per heavy atom. The molecule has 0 aliphatic carbocycles. The van der Waals surface area contributed by atoms with Crippen LogP contribution in [0, 0.1) is 0 Å². The molecule has 0 atom stereocenters. The van der Waals surface area contributed by atoms with Crippen molar-refractivity contribution in [2.24, 2.45) is 0 Å². The van der Waals surface area contributed by atoms with Gasteiger partial charge in [-0.2, -0.15) is 0 Å². The van der Waals surface area contributed by atoms with E-state index in [9.17, 15) is 9.90 Å². The van der Waals surface area contributed by atoms with E-state index in [-0.39, 0.29) is 17.3 Å². The third-order valence-corrected chi connectivity index (χ3v) is 3.74. The van der Waals surface area contributed by atoms with Crippen LogP contribution in [0.15, 0.2) is 64.2 Å². The molecule has 0 spiro atoms. The van der Waals surface area contributed by atoms with Gasteiger partial charge in [-0.05, 0) is 24.3 Å². The minimum absolute atomic E-state index is 0.0694. The average molecular weight is 312 g/mol. The summed E-state index contributed by atoms with van der Waals surface area (Å²) in [4.78, 5) is 12.0. The Balaban J connectivity index is 1.65. The number of carbonyl (C=O) groups excluding carboxylic acids is 1. The van der Waals surface area contributed by atoms with Gasteiger partial charge in [0.05, 0.1) is 5.75 Å². The fraction of sp³-hybridized carbons (Fsp3) is 0.0625. The molecule has 0 saturated heterocycles. The van der Waals surface area contributed by atoms with Gasteiger partial charge in [0.15, 0.2) is 5.78 Å². The van der Waals surface area contributed by atoms with Crippen molar-refractivity contribution < 1.29 is 14.3 Å². The molecule has 0 fully saturated rings. The molecule has 110 valence electrons. The van der Waals surface area contributed by atoms with E-state index in [1.165, 1.54) is 23.9 Å². The highest BCUT2D eigenvalue weighted by molar-refractivity contribution is 7.99. The summed E-state index contributed by atoms with van der Waals surface area (Å²) in [5.74, 6) is 0.549. The smallest absolute Gasteiger partial charge is 0.277 e. The van der Waals surface area contributed by atoms with E-state index < -0.39 is 0 Å². The third-order valence-electron chi connectivity index (χ3n) is 2.92. The zero-order valence-corrected chi connectivity index (χ0v) is 12.3. The molecule has 0 radical (unpaired) electrons. The molecular weight excluding hydrogens is 300 g/mol. The maximum atomic E-state index is 12.0. The fourth-order valence-corrected chi connectivity index (χ4v) is 2.51. The molecule has 2 aromatic carbocycles. The number of nitrogens with zero attached hydrogens (tertiary/aromatic N) is 2. The molecular formula is C16H12N2O3S. The summed E-state index contributed by atoms with van der Waals surface area (Å²) >= 11 is 1.17. The quantitative estimate of drug-likeness (QED) is 0.574. The van der Waals surface area contributed by atoms with Gasteiger partial charge in [0.1, 0.15) is 5.75 Å². The van der Waals surface area contributed by atoms with Gasteiger partial charge in [0, 0.05) is 11.1 Å². The zero-order valence-electron chi connectivity index (χ0n) is 11.5. The second kappa shape index (κ2) is 6.44. The van der Waals surface area contributed by atoms with Crippen LogP contribution in [0.5, 0.6) is 5.75 Å². The molecule has 6 heteroatoms. The van der Waals surface area contributed by atoms with Crippen molar-refractivity contribution in [3.63, 3.8) is 0 Å². The number of ketones is 1. The molecule has 1 aromatic heterocycles. The fourth-order valence-electron chi connectivity index (χ4n) is 1.86. The van der Waals surface area contributed by atoms with Crippen LogP contribution in [0.3, 0.4) is 0 Å². The predicted molar refractivity (Wildman–Crippen MR) is 82.9 cm³/mol. The number of thioether (sulfide) groups is 1. The lowest BCUT2D eigenvalue weighted by Gasteiger charge is -1.99. The van der Waals surface area contributed by atoms with Crippen molar-refractivity contribution in [2.45, 2.75) is 5.22 Å². The van der Waals surface area contributed by atoms with Gasteiger partial charge in [0.2, 0.25) is 5.89 Å². The Morgan fingerprint density at radius 2 is 1.91 bits per heavy atom. The Kier molecular flexibility index (Phi) is 4.20. The first-order valence-corrected chi connectivity index (χ1v) is 7.55. The van der Waals surface area contributed by atoms with Gasteiger partial charge in [0.25, 0.3) is 5.22 Å². The van der Waals surface area contributed by atoms with Crippen LogP contribution < -0.4 is 0 Å². The number of Topliss-reactive ketones (excluding diaryl/α,β-unsaturated/α-hetero) is 1. The van der Waals surface area contributed by atoms with Crippen molar-refractivity contribution in [3.05, 3.63) is 60.2 Å². The number of hydrogen-bond acceptors (Lipinski definition) is 6. The van der Waals surface area contributed by atoms with E-state index in [1.807, 2.05) is 30.3 Å². The Morgan fingerprint density at radius 1 is 1.09 bits per heavy atom. The SMILES string of the molecule is O=C(CSc1nnc(-c2ccccc2)o1)c1cccc(O)c1. The molecule has 5 nitrogen and oxygen atoms in total. The van der Waals surface area contributed by atoms with Gasteiger partial charge in [-0.1, -0.05) is 42.1 Å². The van der Waals surface area contributed by atoms with Crippen molar-refractivity contribution >= 4 is 17.5 Å². The average Bonchev–Trinajstić information content (AvgIpc) is 3.02. The van der Waals surface area contributed by atoms with Crippen LogP contribution in [0.25, 0.3) is 11.5 Å². The van der Waals surface area contributed by atoms with E-state index in [2.05, 4.69) is 10.2 Å². The molecule has 0 unspecified atom stereocenters. The number of phenolic OH excluding ortho intramolecular Hbond substituents is 1. The standard InChI is InChI=1S/C16H12N2O3S/c19-13-8-4-7-12(9-13)14(20)10-22-16-18-17-15(21-16)11-5-2-1-3-6-11/h1-9,19H,10H2. The van der Waals surface area contributed by atoms with E-state index in [1.54, 1.807) is 12.1 Å². The topological polar surface area (TPSA) is 76.2 Å². The number of carbonyl (C=O) groups is 1. The maximum absolute atomic E-state index is 12.0. The van der Waals surface area contributed by atoms with Crippen molar-refractivity contribution in [1.29, 1.82) is 0 Å². The highest BCUT2D eigenvalue weighted by atomic mass is 32.2. The lowest BCUT2D eigenvalue weighted by atomic mass is 10.1. The van der Waals surface area contributed by atoms with Gasteiger partial charge in [-0.3, -0.25) is 4.79 Å². The number of aromatic nitrogens is 2. The highest BCUT2D eigenvalue weighted by Crippen LogP contribution is 2.23. The van der Waals surface area contributed by atoms with Crippen LogP contribution in [0.4, 0.5) is 0 Å². The van der Waals surface area contributed by atoms with E-state index in [0.717, 1.165) is 5.56 Å². The second-order valence-electron chi connectivity index (χ2n) is 4.50. The number of benzene rings is 2. The Hall–Kier alpha value is -2.60. The monoisotopic (exact) mass is 312 g/mol. The summed E-state index contributed by atoms with van der Waals surface area (Å²) in [7, 11) is 0. The summed E-state index contributed by atoms with van der Waals surface area (Å²) in [5, 5.41) is 17.6. The van der Waals surface area contributed by atoms with Gasteiger partial charge < -0.3 is 9.52 Å². The number of aromatic hydroxyl groups is 1. The van der Waals surface area contributed by atoms with Crippen LogP contribution in [-0.2, 0) is 0 Å². The van der Waals surface area contributed by atoms with Crippen molar-refractivity contribution in [3.8, 4) is 17.2 Å². The second-order valence-corrected chi connectivity index (χ2v) is 5.43. The van der Waals surface area contributed by atoms with E-state index in [4.69, 9.17) is 4.42 Å². The Bertz CT molecular complexity index is 787. The third kappa shape index (κ3) is 3.35. The first-order chi connectivity index (χ1) is 10.7. The zero-order chi connectivity index (χ0) is 15.4. The number of phenols is 1. The number of hydrogen-bond donors (Lipinski definition) is 1. The predicted octanol–water partition coefficient (Wildman–Crippen LogP) is 3.42. The normalized spacial score (nSPS) is 10.5. The van der Waals surface area contributed by atoms with Crippen LogP contribution in [-0.4, -0.2) is 26.8 Å². The van der Waals surface area contributed by atoms with E-state index >= 15 is 0 Å². The van der Waals surface area contributed by atoms with Gasteiger partial charge in [-0.25, -0.2) is 0 Å². The number of rotatable bonds is 5. The first-order valence-electron chi connectivity index (χ1n) is 6.56. The molecule has 0 saturated carbocycles. The first kappa shape index (κ1) is 14.3. The minimum atomic E-state index is -0.111.